The summed E-state index contributed by atoms with van der Waals surface area (Å²) in [6.45, 7) is 0. The smallest absolute Gasteiger partial charge is 0.138 e. The van der Waals surface area contributed by atoms with Crippen LogP contribution >= 0.6 is 11.8 Å². The summed E-state index contributed by atoms with van der Waals surface area (Å²) in [4.78, 5) is 8.68. The van der Waals surface area contributed by atoms with E-state index in [1.165, 1.54) is 17.8 Å². The van der Waals surface area contributed by atoms with E-state index in [1.807, 2.05) is 0 Å². The van der Waals surface area contributed by atoms with Crippen molar-refractivity contribution in [2.75, 3.05) is 5.73 Å². The van der Waals surface area contributed by atoms with Crippen LogP contribution in [0.1, 0.15) is 5.82 Å². The first-order valence-corrected chi connectivity index (χ1v) is 5.68. The van der Waals surface area contributed by atoms with Crippen molar-refractivity contribution in [3.05, 3.63) is 48.3 Å². The molecule has 1 heterocycles. The van der Waals surface area contributed by atoms with Gasteiger partial charge in [-0.2, -0.15) is 0 Å². The van der Waals surface area contributed by atoms with Gasteiger partial charge in [-0.05, 0) is 24.3 Å². The first-order valence-electron chi connectivity index (χ1n) is 4.69. The third-order valence-corrected chi connectivity index (χ3v) is 2.98. The van der Waals surface area contributed by atoms with E-state index < -0.39 is 0 Å². The third kappa shape index (κ3) is 2.70. The highest BCUT2D eigenvalue weighted by atomic mass is 32.2. The van der Waals surface area contributed by atoms with Crippen LogP contribution in [0.2, 0.25) is 0 Å². The summed E-state index contributed by atoms with van der Waals surface area (Å²) in [5.41, 5.74) is 5.89. The van der Waals surface area contributed by atoms with Gasteiger partial charge in [-0.3, -0.25) is 0 Å². The van der Waals surface area contributed by atoms with Crippen LogP contribution in [0, 0.1) is 5.82 Å². The van der Waals surface area contributed by atoms with Crippen LogP contribution in [0.25, 0.3) is 0 Å². The topological polar surface area (TPSA) is 51.8 Å². The standard InChI is InChI=1S/C11H10FN3S/c12-9-6-8(13)2-3-10(9)16-7-11-14-4-1-5-15-11/h1-6H,7,13H2. The predicted molar refractivity (Wildman–Crippen MR) is 62.4 cm³/mol. The Balaban J connectivity index is 2.05. The number of nitrogens with zero attached hydrogens (tertiary/aromatic N) is 2. The summed E-state index contributed by atoms with van der Waals surface area (Å²) in [6, 6.07) is 6.40. The first-order chi connectivity index (χ1) is 7.75. The van der Waals surface area contributed by atoms with Crippen molar-refractivity contribution in [2.45, 2.75) is 10.6 Å². The van der Waals surface area contributed by atoms with Gasteiger partial charge in [-0.25, -0.2) is 14.4 Å². The second kappa shape index (κ2) is 4.94. The van der Waals surface area contributed by atoms with Crippen LogP contribution in [-0.4, -0.2) is 9.97 Å². The van der Waals surface area contributed by atoms with Gasteiger partial charge in [0, 0.05) is 23.0 Å². The number of hydrogen-bond donors (Lipinski definition) is 1. The number of thioether (sulfide) groups is 1. The molecular weight excluding hydrogens is 225 g/mol. The lowest BCUT2D eigenvalue weighted by atomic mass is 10.3. The lowest BCUT2D eigenvalue weighted by Crippen LogP contribution is -1.92. The predicted octanol–water partition coefficient (Wildman–Crippen LogP) is 2.49. The maximum absolute atomic E-state index is 13.4. The summed E-state index contributed by atoms with van der Waals surface area (Å²) in [5, 5.41) is 0. The summed E-state index contributed by atoms with van der Waals surface area (Å²) in [6.07, 6.45) is 3.34. The number of halogens is 1. The Morgan fingerprint density at radius 2 is 2.00 bits per heavy atom. The fourth-order valence-electron chi connectivity index (χ4n) is 1.18. The van der Waals surface area contributed by atoms with Crippen LogP contribution in [0.4, 0.5) is 10.1 Å². The minimum Gasteiger partial charge on any atom is -0.399 e. The van der Waals surface area contributed by atoms with Gasteiger partial charge in [0.25, 0.3) is 0 Å². The van der Waals surface area contributed by atoms with Crippen LogP contribution in [-0.2, 0) is 5.75 Å². The molecule has 1 aromatic heterocycles. The highest BCUT2D eigenvalue weighted by Gasteiger charge is 2.04. The van der Waals surface area contributed by atoms with Gasteiger partial charge in [0.15, 0.2) is 0 Å². The van der Waals surface area contributed by atoms with E-state index in [-0.39, 0.29) is 5.82 Å². The van der Waals surface area contributed by atoms with Crippen molar-refractivity contribution < 1.29 is 4.39 Å². The molecule has 82 valence electrons. The van der Waals surface area contributed by atoms with E-state index in [0.717, 1.165) is 0 Å². The number of nitrogen functional groups attached to an aromatic ring is 1. The van der Waals surface area contributed by atoms with E-state index in [4.69, 9.17) is 5.73 Å². The van der Waals surface area contributed by atoms with Gasteiger partial charge >= 0.3 is 0 Å². The molecule has 2 N–H and O–H groups in total. The lowest BCUT2D eigenvalue weighted by Gasteiger charge is -2.02. The van der Waals surface area contributed by atoms with Gasteiger partial charge in [0.05, 0.1) is 5.75 Å². The van der Waals surface area contributed by atoms with Crippen molar-refractivity contribution in [3.63, 3.8) is 0 Å². The molecule has 3 nitrogen and oxygen atoms in total. The Kier molecular flexibility index (Phi) is 3.36. The monoisotopic (exact) mass is 235 g/mol. The quantitative estimate of drug-likeness (QED) is 0.656. The molecule has 0 aliphatic rings. The molecule has 0 aliphatic heterocycles. The molecule has 16 heavy (non-hydrogen) atoms. The van der Waals surface area contributed by atoms with E-state index in [9.17, 15) is 4.39 Å². The molecule has 2 aromatic rings. The van der Waals surface area contributed by atoms with Crippen molar-refractivity contribution in [1.29, 1.82) is 0 Å². The first kappa shape index (κ1) is 10.9. The van der Waals surface area contributed by atoms with E-state index in [1.54, 1.807) is 30.6 Å². The highest BCUT2D eigenvalue weighted by molar-refractivity contribution is 7.98. The molecule has 0 radical (unpaired) electrons. The van der Waals surface area contributed by atoms with Gasteiger partial charge in [-0.15, -0.1) is 11.8 Å². The molecule has 0 unspecified atom stereocenters. The Labute approximate surface area is 96.9 Å². The zero-order valence-corrected chi connectivity index (χ0v) is 9.25. The van der Waals surface area contributed by atoms with Crippen molar-refractivity contribution >= 4 is 17.4 Å². The zero-order valence-electron chi connectivity index (χ0n) is 8.43. The molecule has 0 bridgehead atoms. The summed E-state index contributed by atoms with van der Waals surface area (Å²) >= 11 is 1.35. The average Bonchev–Trinajstić information content (AvgIpc) is 2.29. The number of anilines is 1. The molecule has 0 atom stereocenters. The van der Waals surface area contributed by atoms with Gasteiger partial charge in [0.1, 0.15) is 11.6 Å². The Hall–Kier alpha value is -1.62. The SMILES string of the molecule is Nc1ccc(SCc2ncccn2)c(F)c1. The maximum atomic E-state index is 13.4. The fourth-order valence-corrected chi connectivity index (χ4v) is 1.98. The van der Waals surface area contributed by atoms with Crippen molar-refractivity contribution in [2.24, 2.45) is 0 Å². The minimum atomic E-state index is -0.305. The van der Waals surface area contributed by atoms with Crippen molar-refractivity contribution in [3.8, 4) is 0 Å². The number of aromatic nitrogens is 2. The molecular formula is C11H10FN3S. The van der Waals surface area contributed by atoms with E-state index in [0.29, 0.717) is 22.2 Å². The van der Waals surface area contributed by atoms with Gasteiger partial charge in [0.2, 0.25) is 0 Å². The second-order valence-corrected chi connectivity index (χ2v) is 4.16. The van der Waals surface area contributed by atoms with Crippen LogP contribution < -0.4 is 5.73 Å². The lowest BCUT2D eigenvalue weighted by molar-refractivity contribution is 0.602. The molecule has 0 spiro atoms. The Morgan fingerprint density at radius 1 is 1.25 bits per heavy atom. The summed E-state index contributed by atoms with van der Waals surface area (Å²) in [7, 11) is 0. The fraction of sp³-hybridized carbons (Fsp3) is 0.0909. The van der Waals surface area contributed by atoms with Gasteiger partial charge < -0.3 is 5.73 Å². The molecule has 5 heteroatoms. The number of benzene rings is 1. The summed E-state index contributed by atoms with van der Waals surface area (Å²) in [5.74, 6) is 0.923. The van der Waals surface area contributed by atoms with Crippen LogP contribution in [0.3, 0.4) is 0 Å². The average molecular weight is 235 g/mol. The number of rotatable bonds is 3. The van der Waals surface area contributed by atoms with Crippen LogP contribution in [0.5, 0.6) is 0 Å². The van der Waals surface area contributed by atoms with Crippen molar-refractivity contribution in [1.82, 2.24) is 9.97 Å². The Morgan fingerprint density at radius 3 is 2.69 bits per heavy atom. The molecule has 2 rings (SSSR count). The Bertz CT molecular complexity index is 476. The number of hydrogen-bond acceptors (Lipinski definition) is 4. The van der Waals surface area contributed by atoms with E-state index >= 15 is 0 Å². The molecule has 0 fully saturated rings. The van der Waals surface area contributed by atoms with Gasteiger partial charge in [-0.1, -0.05) is 0 Å². The largest absolute Gasteiger partial charge is 0.399 e. The molecule has 0 saturated carbocycles. The minimum absolute atomic E-state index is 0.305. The maximum Gasteiger partial charge on any atom is 0.138 e. The molecule has 0 amide bonds. The molecule has 0 saturated heterocycles. The van der Waals surface area contributed by atoms with Crippen LogP contribution in [0.15, 0.2) is 41.6 Å². The molecule has 1 aromatic carbocycles. The second-order valence-electron chi connectivity index (χ2n) is 3.14. The zero-order chi connectivity index (χ0) is 11.4. The molecule has 0 aliphatic carbocycles. The summed E-state index contributed by atoms with van der Waals surface area (Å²) < 4.78 is 13.4. The third-order valence-electron chi connectivity index (χ3n) is 1.93. The number of nitrogens with two attached hydrogens (primary N) is 1. The normalized spacial score (nSPS) is 10.3. The van der Waals surface area contributed by atoms with E-state index in [2.05, 4.69) is 9.97 Å². The highest BCUT2D eigenvalue weighted by Crippen LogP contribution is 2.25.